The number of amides is 4. The summed E-state index contributed by atoms with van der Waals surface area (Å²) >= 11 is 0. The molecule has 0 aromatic rings. The van der Waals surface area contributed by atoms with E-state index in [-0.39, 0.29) is 23.3 Å². The molecule has 3 rings (SSSR count). The maximum absolute atomic E-state index is 13.0. The van der Waals surface area contributed by atoms with Crippen molar-refractivity contribution in [2.45, 2.75) is 26.2 Å². The minimum absolute atomic E-state index is 0.0233. The highest BCUT2D eigenvalue weighted by Gasteiger charge is 2.65. The molecule has 0 aliphatic carbocycles. The molecule has 0 unspecified atom stereocenters. The van der Waals surface area contributed by atoms with Crippen LogP contribution in [0.15, 0.2) is 0 Å². The van der Waals surface area contributed by atoms with Crippen LogP contribution in [0.1, 0.15) is 26.2 Å². The van der Waals surface area contributed by atoms with Gasteiger partial charge in [0.25, 0.3) is 0 Å². The van der Waals surface area contributed by atoms with Gasteiger partial charge in [0.15, 0.2) is 0 Å². The lowest BCUT2D eigenvalue weighted by Gasteiger charge is -2.46. The van der Waals surface area contributed by atoms with Gasteiger partial charge < -0.3 is 19.6 Å². The van der Waals surface area contributed by atoms with E-state index in [2.05, 4.69) is 0 Å². The van der Waals surface area contributed by atoms with Gasteiger partial charge in [-0.3, -0.25) is 9.59 Å². The highest BCUT2D eigenvalue weighted by Crippen LogP contribution is 2.57. The summed E-state index contributed by atoms with van der Waals surface area (Å²) in [5.41, 5.74) is -0.649. The molecule has 0 aromatic carbocycles. The molecule has 0 aromatic heterocycles. The topological polar surface area (TPSA) is 64.2 Å². The van der Waals surface area contributed by atoms with E-state index < -0.39 is 5.41 Å². The van der Waals surface area contributed by atoms with Gasteiger partial charge in [0, 0.05) is 66.2 Å². The SMILES string of the molecule is CC(=O)N1CC2(CCN(C(=O)N(C)C)CC2)[C@@]2(CCN(C)C2=O)C1. The molecular formula is C17H28N4O3. The lowest BCUT2D eigenvalue weighted by molar-refractivity contribution is -0.141. The monoisotopic (exact) mass is 336 g/mol. The van der Waals surface area contributed by atoms with Crippen LogP contribution in [-0.2, 0) is 9.59 Å². The Balaban J connectivity index is 1.86. The summed E-state index contributed by atoms with van der Waals surface area (Å²) in [7, 11) is 5.37. The number of carbonyl (C=O) groups excluding carboxylic acids is 3. The molecule has 0 saturated carbocycles. The summed E-state index contributed by atoms with van der Waals surface area (Å²) in [5.74, 6) is 0.221. The first kappa shape index (κ1) is 17.0. The molecule has 3 aliphatic rings. The Kier molecular flexibility index (Phi) is 4.00. The van der Waals surface area contributed by atoms with E-state index in [0.29, 0.717) is 26.2 Å². The molecule has 3 saturated heterocycles. The lowest BCUT2D eigenvalue weighted by Crippen LogP contribution is -2.54. The van der Waals surface area contributed by atoms with Crippen molar-refractivity contribution in [3.63, 3.8) is 0 Å². The number of likely N-dealkylation sites (tertiary alicyclic amines) is 3. The average molecular weight is 336 g/mol. The van der Waals surface area contributed by atoms with Crippen LogP contribution in [0, 0.1) is 10.8 Å². The summed E-state index contributed by atoms with van der Waals surface area (Å²) in [6.45, 7) is 4.83. The number of urea groups is 1. The fraction of sp³-hybridized carbons (Fsp3) is 0.824. The Morgan fingerprint density at radius 3 is 2.08 bits per heavy atom. The summed E-state index contributed by atoms with van der Waals surface area (Å²) in [4.78, 5) is 44.3. The standard InChI is InChI=1S/C17H28N4O3/c1-13(22)21-11-16(17(12-21)7-8-19(4)14(17)23)5-9-20(10-6-16)15(24)18(2)3/h5-12H2,1-4H3/t17-/m0/s1. The number of carbonyl (C=O) groups is 3. The molecule has 134 valence electrons. The quantitative estimate of drug-likeness (QED) is 0.646. The van der Waals surface area contributed by atoms with E-state index in [4.69, 9.17) is 0 Å². The van der Waals surface area contributed by atoms with Crippen LogP contribution in [0.25, 0.3) is 0 Å². The third kappa shape index (κ3) is 2.28. The van der Waals surface area contributed by atoms with Crippen molar-refractivity contribution in [2.24, 2.45) is 10.8 Å². The number of rotatable bonds is 0. The zero-order chi connectivity index (χ0) is 17.7. The van der Waals surface area contributed by atoms with E-state index in [9.17, 15) is 14.4 Å². The summed E-state index contributed by atoms with van der Waals surface area (Å²) < 4.78 is 0. The van der Waals surface area contributed by atoms with E-state index >= 15 is 0 Å². The minimum Gasteiger partial charge on any atom is -0.345 e. The molecule has 0 radical (unpaired) electrons. The van der Waals surface area contributed by atoms with Crippen LogP contribution in [0.2, 0.25) is 0 Å². The van der Waals surface area contributed by atoms with Crippen molar-refractivity contribution < 1.29 is 14.4 Å². The number of hydrogen-bond donors (Lipinski definition) is 0. The van der Waals surface area contributed by atoms with Gasteiger partial charge in [0.05, 0.1) is 5.41 Å². The van der Waals surface area contributed by atoms with Crippen molar-refractivity contribution in [1.29, 1.82) is 0 Å². The van der Waals surface area contributed by atoms with Gasteiger partial charge >= 0.3 is 6.03 Å². The highest BCUT2D eigenvalue weighted by molar-refractivity contribution is 5.88. The number of fused-ring (bicyclic) bond motifs is 1. The first-order valence-electron chi connectivity index (χ1n) is 8.70. The number of nitrogens with zero attached hydrogens (tertiary/aromatic N) is 4. The van der Waals surface area contributed by atoms with Gasteiger partial charge in [-0.15, -0.1) is 0 Å². The fourth-order valence-corrected chi connectivity index (χ4v) is 4.91. The second-order valence-corrected chi connectivity index (χ2v) is 7.88. The molecule has 0 bridgehead atoms. The van der Waals surface area contributed by atoms with Crippen LogP contribution >= 0.6 is 0 Å². The minimum atomic E-state index is -0.458. The molecule has 24 heavy (non-hydrogen) atoms. The third-order valence-corrected chi connectivity index (χ3v) is 6.42. The Labute approximate surface area is 143 Å². The third-order valence-electron chi connectivity index (χ3n) is 6.42. The molecule has 3 fully saturated rings. The van der Waals surface area contributed by atoms with Gasteiger partial charge in [-0.05, 0) is 19.3 Å². The van der Waals surface area contributed by atoms with E-state index in [1.807, 2.05) is 21.7 Å². The zero-order valence-electron chi connectivity index (χ0n) is 15.2. The Morgan fingerprint density at radius 1 is 1.00 bits per heavy atom. The van der Waals surface area contributed by atoms with E-state index in [0.717, 1.165) is 25.8 Å². The lowest BCUT2D eigenvalue weighted by atomic mass is 9.60. The van der Waals surface area contributed by atoms with Crippen LogP contribution in [0.3, 0.4) is 0 Å². The first-order valence-corrected chi connectivity index (χ1v) is 8.70. The van der Waals surface area contributed by atoms with Crippen LogP contribution < -0.4 is 0 Å². The van der Waals surface area contributed by atoms with E-state index in [1.54, 1.807) is 25.9 Å². The summed E-state index contributed by atoms with van der Waals surface area (Å²) in [6, 6.07) is 0.0233. The highest BCUT2D eigenvalue weighted by atomic mass is 16.2. The predicted octanol–water partition coefficient (Wildman–Crippen LogP) is 0.461. The molecular weight excluding hydrogens is 308 g/mol. The van der Waals surface area contributed by atoms with Gasteiger partial charge in [0.2, 0.25) is 11.8 Å². The summed E-state index contributed by atoms with van der Waals surface area (Å²) in [6.07, 6.45) is 2.39. The van der Waals surface area contributed by atoms with Crippen LogP contribution in [0.4, 0.5) is 4.79 Å². The number of hydrogen-bond acceptors (Lipinski definition) is 3. The zero-order valence-corrected chi connectivity index (χ0v) is 15.2. The van der Waals surface area contributed by atoms with Crippen LogP contribution in [-0.4, -0.2) is 91.3 Å². The predicted molar refractivity (Wildman–Crippen MR) is 89.3 cm³/mol. The second-order valence-electron chi connectivity index (χ2n) is 7.88. The van der Waals surface area contributed by atoms with Crippen molar-refractivity contribution in [3.05, 3.63) is 0 Å². The average Bonchev–Trinajstić information content (AvgIpc) is 3.01. The van der Waals surface area contributed by atoms with Crippen molar-refractivity contribution in [2.75, 3.05) is 53.9 Å². The van der Waals surface area contributed by atoms with Crippen molar-refractivity contribution in [3.8, 4) is 0 Å². The Hall–Kier alpha value is -1.79. The molecule has 1 atom stereocenters. The van der Waals surface area contributed by atoms with Crippen LogP contribution in [0.5, 0.6) is 0 Å². The maximum Gasteiger partial charge on any atom is 0.319 e. The molecule has 3 aliphatic heterocycles. The normalized spacial score (nSPS) is 29.0. The fourth-order valence-electron chi connectivity index (χ4n) is 4.91. The second kappa shape index (κ2) is 5.63. The van der Waals surface area contributed by atoms with Crippen molar-refractivity contribution in [1.82, 2.24) is 19.6 Å². The number of piperidine rings is 1. The molecule has 2 spiro atoms. The van der Waals surface area contributed by atoms with Gasteiger partial charge in [-0.25, -0.2) is 4.79 Å². The van der Waals surface area contributed by atoms with Gasteiger partial charge in [0.1, 0.15) is 0 Å². The Bertz CT molecular complexity index is 568. The molecule has 0 N–H and O–H groups in total. The largest absolute Gasteiger partial charge is 0.345 e. The summed E-state index contributed by atoms with van der Waals surface area (Å²) in [5, 5.41) is 0. The Morgan fingerprint density at radius 2 is 1.62 bits per heavy atom. The van der Waals surface area contributed by atoms with E-state index in [1.165, 1.54) is 0 Å². The molecule has 7 nitrogen and oxygen atoms in total. The maximum atomic E-state index is 13.0. The smallest absolute Gasteiger partial charge is 0.319 e. The molecule has 7 heteroatoms. The molecule has 4 amide bonds. The molecule has 3 heterocycles. The van der Waals surface area contributed by atoms with Crippen molar-refractivity contribution >= 4 is 17.8 Å². The van der Waals surface area contributed by atoms with Gasteiger partial charge in [-0.2, -0.15) is 0 Å². The first-order chi connectivity index (χ1) is 11.2. The van der Waals surface area contributed by atoms with Gasteiger partial charge in [-0.1, -0.05) is 0 Å².